The molecule has 0 bridgehead atoms. The summed E-state index contributed by atoms with van der Waals surface area (Å²) in [6.45, 7) is 5.50. The number of likely N-dealkylation sites (tertiary alicyclic amines) is 1. The molecule has 0 aliphatic carbocycles. The lowest BCUT2D eigenvalue weighted by molar-refractivity contribution is 0.0505. The second-order valence-electron chi connectivity index (χ2n) is 7.68. The zero-order valence-electron chi connectivity index (χ0n) is 14.8. The van der Waals surface area contributed by atoms with Crippen LogP contribution in [0.1, 0.15) is 36.3 Å². The van der Waals surface area contributed by atoms with Gasteiger partial charge in [0.25, 0.3) is 0 Å². The highest BCUT2D eigenvalue weighted by atomic mass is 19.1. The van der Waals surface area contributed by atoms with Gasteiger partial charge in [0, 0.05) is 19.0 Å². The molecule has 0 unspecified atom stereocenters. The van der Waals surface area contributed by atoms with Gasteiger partial charge in [0.2, 0.25) is 0 Å². The highest BCUT2D eigenvalue weighted by Gasteiger charge is 2.43. The van der Waals surface area contributed by atoms with Gasteiger partial charge >= 0.3 is 0 Å². The molecule has 2 aromatic carbocycles. The van der Waals surface area contributed by atoms with Crippen LogP contribution in [0.3, 0.4) is 0 Å². The predicted octanol–water partition coefficient (Wildman–Crippen LogP) is 4.19. The minimum atomic E-state index is -0.140. The van der Waals surface area contributed by atoms with E-state index >= 15 is 0 Å². The molecule has 0 radical (unpaired) electrons. The van der Waals surface area contributed by atoms with Crippen molar-refractivity contribution >= 4 is 0 Å². The van der Waals surface area contributed by atoms with E-state index in [0.29, 0.717) is 11.3 Å². The van der Waals surface area contributed by atoms with E-state index < -0.39 is 0 Å². The van der Waals surface area contributed by atoms with Gasteiger partial charge in [-0.25, -0.2) is 4.39 Å². The van der Waals surface area contributed by atoms with Crippen LogP contribution < -0.4 is 5.32 Å². The number of benzene rings is 2. The normalized spacial score (nSPS) is 23.6. The number of piperidine rings is 2. The summed E-state index contributed by atoms with van der Waals surface area (Å²) in [4.78, 5) is 2.59. The lowest BCUT2D eigenvalue weighted by Gasteiger charge is -2.50. The Balaban J connectivity index is 1.46. The van der Waals surface area contributed by atoms with Gasteiger partial charge in [0.05, 0.1) is 0 Å². The molecule has 2 aliphatic heterocycles. The van der Waals surface area contributed by atoms with Crippen LogP contribution in [0.15, 0.2) is 54.6 Å². The van der Waals surface area contributed by atoms with Crippen molar-refractivity contribution in [3.8, 4) is 0 Å². The summed E-state index contributed by atoms with van der Waals surface area (Å²) in [7, 11) is 0. The molecule has 25 heavy (non-hydrogen) atoms. The third-order valence-corrected chi connectivity index (χ3v) is 6.26. The topological polar surface area (TPSA) is 15.3 Å². The molecular weight excluding hydrogens is 311 g/mol. The number of hydrogen-bond acceptors (Lipinski definition) is 2. The Kier molecular flexibility index (Phi) is 4.87. The molecule has 2 aliphatic rings. The van der Waals surface area contributed by atoms with Gasteiger partial charge in [-0.15, -0.1) is 0 Å². The zero-order chi connectivity index (χ0) is 17.1. The number of rotatable bonds is 3. The Bertz CT molecular complexity index is 675. The van der Waals surface area contributed by atoms with Crippen molar-refractivity contribution in [1.29, 1.82) is 0 Å². The third kappa shape index (κ3) is 3.63. The van der Waals surface area contributed by atoms with Gasteiger partial charge in [-0.1, -0.05) is 42.5 Å². The molecule has 1 N–H and O–H groups in total. The molecule has 1 atom stereocenters. The van der Waals surface area contributed by atoms with E-state index in [2.05, 4.69) is 40.5 Å². The van der Waals surface area contributed by atoms with Crippen molar-refractivity contribution in [3.63, 3.8) is 0 Å². The lowest BCUT2D eigenvalue weighted by atomic mass is 9.63. The Labute approximate surface area is 150 Å². The maximum absolute atomic E-state index is 13.3. The number of nitrogens with zero attached hydrogens (tertiary/aromatic N) is 1. The van der Waals surface area contributed by atoms with Gasteiger partial charge in [-0.3, -0.25) is 4.90 Å². The largest absolute Gasteiger partial charge is 0.316 e. The summed E-state index contributed by atoms with van der Waals surface area (Å²) in [6, 6.07) is 18.0. The molecule has 2 heterocycles. The van der Waals surface area contributed by atoms with Crippen LogP contribution in [-0.4, -0.2) is 31.1 Å². The van der Waals surface area contributed by atoms with Crippen LogP contribution >= 0.6 is 0 Å². The minimum absolute atomic E-state index is 0.140. The molecule has 3 heteroatoms. The fourth-order valence-corrected chi connectivity index (χ4v) is 4.74. The summed E-state index contributed by atoms with van der Waals surface area (Å²) >= 11 is 0. The molecule has 1 spiro atoms. The SMILES string of the molecule is Fc1ccc([C@@H]2CNCCC23CCN(Cc2ccccc2)CC3)cc1. The van der Waals surface area contributed by atoms with Gasteiger partial charge in [-0.2, -0.15) is 0 Å². The van der Waals surface area contributed by atoms with E-state index in [9.17, 15) is 4.39 Å². The first-order chi connectivity index (χ1) is 12.3. The maximum Gasteiger partial charge on any atom is 0.123 e. The average molecular weight is 338 g/mol. The molecular formula is C22H27FN2. The first kappa shape index (κ1) is 16.7. The van der Waals surface area contributed by atoms with E-state index in [1.54, 1.807) is 12.1 Å². The van der Waals surface area contributed by atoms with E-state index in [1.807, 2.05) is 12.1 Å². The van der Waals surface area contributed by atoms with Crippen molar-refractivity contribution in [3.05, 3.63) is 71.5 Å². The Hall–Kier alpha value is -1.71. The first-order valence-electron chi connectivity index (χ1n) is 9.48. The van der Waals surface area contributed by atoms with Gasteiger partial charge in [-0.05, 0) is 67.6 Å². The predicted molar refractivity (Wildman–Crippen MR) is 100 cm³/mol. The smallest absolute Gasteiger partial charge is 0.123 e. The first-order valence-corrected chi connectivity index (χ1v) is 9.48. The van der Waals surface area contributed by atoms with E-state index in [0.717, 1.165) is 32.7 Å². The molecule has 2 nitrogen and oxygen atoms in total. The standard InChI is InChI=1S/C22H27FN2/c23-20-8-6-19(7-9-20)21-16-24-13-10-22(21)11-14-25(15-12-22)17-18-4-2-1-3-5-18/h1-9,21,24H,10-17H2/t21-/m0/s1. The second-order valence-corrected chi connectivity index (χ2v) is 7.68. The Morgan fingerprint density at radius 3 is 2.40 bits per heavy atom. The molecule has 0 aromatic heterocycles. The Morgan fingerprint density at radius 1 is 0.960 bits per heavy atom. The average Bonchev–Trinajstić information content (AvgIpc) is 2.66. The van der Waals surface area contributed by atoms with Crippen molar-refractivity contribution in [2.75, 3.05) is 26.2 Å². The van der Waals surface area contributed by atoms with Gasteiger partial charge in [0.1, 0.15) is 5.82 Å². The molecule has 0 saturated carbocycles. The van der Waals surface area contributed by atoms with Gasteiger partial charge in [0.15, 0.2) is 0 Å². The summed E-state index contributed by atoms with van der Waals surface area (Å²) < 4.78 is 13.3. The quantitative estimate of drug-likeness (QED) is 0.903. The molecule has 2 fully saturated rings. The van der Waals surface area contributed by atoms with Crippen LogP contribution in [0, 0.1) is 11.2 Å². The van der Waals surface area contributed by atoms with Gasteiger partial charge < -0.3 is 5.32 Å². The highest BCUT2D eigenvalue weighted by Crippen LogP contribution is 2.48. The second kappa shape index (κ2) is 7.27. The molecule has 132 valence electrons. The fourth-order valence-electron chi connectivity index (χ4n) is 4.74. The lowest BCUT2D eigenvalue weighted by Crippen LogP contribution is -2.49. The zero-order valence-corrected chi connectivity index (χ0v) is 14.8. The maximum atomic E-state index is 13.3. The van der Waals surface area contributed by atoms with Crippen LogP contribution in [0.4, 0.5) is 4.39 Å². The van der Waals surface area contributed by atoms with Crippen molar-refractivity contribution in [2.45, 2.75) is 31.7 Å². The Morgan fingerprint density at radius 2 is 1.68 bits per heavy atom. The van der Waals surface area contributed by atoms with Crippen molar-refractivity contribution in [1.82, 2.24) is 10.2 Å². The van der Waals surface area contributed by atoms with Crippen LogP contribution in [0.25, 0.3) is 0 Å². The van der Waals surface area contributed by atoms with Crippen LogP contribution in [-0.2, 0) is 6.54 Å². The van der Waals surface area contributed by atoms with E-state index in [-0.39, 0.29) is 5.82 Å². The minimum Gasteiger partial charge on any atom is -0.316 e. The number of halogens is 1. The van der Waals surface area contributed by atoms with Crippen LogP contribution in [0.5, 0.6) is 0 Å². The summed E-state index contributed by atoms with van der Waals surface area (Å²) in [6.07, 6.45) is 3.71. The monoisotopic (exact) mass is 338 g/mol. The summed E-state index contributed by atoms with van der Waals surface area (Å²) in [5, 5.41) is 3.56. The molecule has 4 rings (SSSR count). The highest BCUT2D eigenvalue weighted by molar-refractivity contribution is 5.25. The van der Waals surface area contributed by atoms with Crippen LogP contribution in [0.2, 0.25) is 0 Å². The van der Waals surface area contributed by atoms with Crippen molar-refractivity contribution < 1.29 is 4.39 Å². The molecule has 0 amide bonds. The number of hydrogen-bond donors (Lipinski definition) is 1. The molecule has 2 saturated heterocycles. The van der Waals surface area contributed by atoms with Crippen molar-refractivity contribution in [2.24, 2.45) is 5.41 Å². The summed E-state index contributed by atoms with van der Waals surface area (Å²) in [5.41, 5.74) is 3.07. The molecule has 2 aromatic rings. The third-order valence-electron chi connectivity index (χ3n) is 6.26. The van der Waals surface area contributed by atoms with E-state index in [4.69, 9.17) is 0 Å². The summed E-state index contributed by atoms with van der Waals surface area (Å²) in [5.74, 6) is 0.361. The fraction of sp³-hybridized carbons (Fsp3) is 0.455. The van der Waals surface area contributed by atoms with E-state index in [1.165, 1.54) is 30.4 Å². The number of nitrogens with one attached hydrogen (secondary N) is 1.